The Morgan fingerprint density at radius 1 is 1.58 bits per heavy atom. The number of hydrogen-bond donors (Lipinski definition) is 0. The van der Waals surface area contributed by atoms with Gasteiger partial charge < -0.3 is 9.64 Å². The summed E-state index contributed by atoms with van der Waals surface area (Å²) in [6.45, 7) is 4.37. The van der Waals surface area contributed by atoms with E-state index in [9.17, 15) is 9.18 Å². The van der Waals surface area contributed by atoms with Crippen LogP contribution in [0.4, 0.5) is 4.39 Å². The van der Waals surface area contributed by atoms with Gasteiger partial charge in [-0.25, -0.2) is 4.39 Å². The van der Waals surface area contributed by atoms with Crippen LogP contribution in [0.1, 0.15) is 24.2 Å². The minimum atomic E-state index is -0.572. The summed E-state index contributed by atoms with van der Waals surface area (Å²) in [5, 5.41) is 8.78. The number of nitrogens with zero attached hydrogens (tertiary/aromatic N) is 2. The molecule has 0 saturated carbocycles. The van der Waals surface area contributed by atoms with Crippen LogP contribution in [0.15, 0.2) is 18.2 Å². The van der Waals surface area contributed by atoms with Crippen LogP contribution in [0.2, 0.25) is 0 Å². The van der Waals surface area contributed by atoms with E-state index >= 15 is 0 Å². The average Bonchev–Trinajstić information content (AvgIpc) is 2.43. The molecule has 1 rings (SSSR count). The van der Waals surface area contributed by atoms with Gasteiger partial charge in [0.15, 0.2) is 11.6 Å². The molecule has 19 heavy (non-hydrogen) atoms. The van der Waals surface area contributed by atoms with Crippen molar-refractivity contribution < 1.29 is 13.9 Å². The van der Waals surface area contributed by atoms with Crippen LogP contribution in [0.3, 0.4) is 0 Å². The third kappa shape index (κ3) is 3.68. The number of methoxy groups -OCH3 is 1. The molecule has 0 spiro atoms. The third-order valence-electron chi connectivity index (χ3n) is 2.78. The fraction of sp³-hybridized carbons (Fsp3) is 0.429. The Kier molecular flexibility index (Phi) is 5.31. The highest BCUT2D eigenvalue weighted by Crippen LogP contribution is 2.19. The molecule has 5 heteroatoms. The van der Waals surface area contributed by atoms with E-state index in [1.165, 1.54) is 24.1 Å². The minimum Gasteiger partial charge on any atom is -0.494 e. The standard InChI is InChI=1S/C14H17FN2O2/c1-4-17(9-10(2)8-16)14(18)11-5-6-13(19-3)12(15)7-11/h5-7,10H,4,9H2,1-3H3. The Bertz CT molecular complexity index is 497. The highest BCUT2D eigenvalue weighted by atomic mass is 19.1. The Morgan fingerprint density at radius 2 is 2.26 bits per heavy atom. The van der Waals surface area contributed by atoms with Gasteiger partial charge in [-0.1, -0.05) is 0 Å². The zero-order valence-electron chi connectivity index (χ0n) is 11.3. The minimum absolute atomic E-state index is 0.102. The van der Waals surface area contributed by atoms with Crippen molar-refractivity contribution in [3.8, 4) is 11.8 Å². The maximum atomic E-state index is 13.6. The molecule has 1 amide bonds. The van der Waals surface area contributed by atoms with Crippen molar-refractivity contribution in [3.63, 3.8) is 0 Å². The molecule has 0 aromatic heterocycles. The molecular formula is C14H17FN2O2. The summed E-state index contributed by atoms with van der Waals surface area (Å²) in [4.78, 5) is 13.7. The molecule has 1 aromatic carbocycles. The number of ether oxygens (including phenoxy) is 1. The van der Waals surface area contributed by atoms with Gasteiger partial charge in [-0.05, 0) is 32.0 Å². The molecule has 102 valence electrons. The number of rotatable bonds is 5. The first-order chi connectivity index (χ1) is 9.03. The smallest absolute Gasteiger partial charge is 0.253 e. The van der Waals surface area contributed by atoms with Crippen molar-refractivity contribution in [3.05, 3.63) is 29.6 Å². The lowest BCUT2D eigenvalue weighted by atomic mass is 10.1. The van der Waals surface area contributed by atoms with Crippen LogP contribution in [0.25, 0.3) is 0 Å². The second-order valence-corrected chi connectivity index (χ2v) is 4.22. The van der Waals surface area contributed by atoms with Gasteiger partial charge in [-0.3, -0.25) is 4.79 Å². The van der Waals surface area contributed by atoms with Crippen molar-refractivity contribution in [1.82, 2.24) is 4.90 Å². The second kappa shape index (κ2) is 6.74. The normalized spacial score (nSPS) is 11.5. The quantitative estimate of drug-likeness (QED) is 0.820. The molecule has 0 heterocycles. The topological polar surface area (TPSA) is 53.3 Å². The Morgan fingerprint density at radius 3 is 2.74 bits per heavy atom. The lowest BCUT2D eigenvalue weighted by molar-refractivity contribution is 0.0752. The van der Waals surface area contributed by atoms with Crippen molar-refractivity contribution in [2.45, 2.75) is 13.8 Å². The molecule has 1 aromatic rings. The van der Waals surface area contributed by atoms with Crippen LogP contribution in [0, 0.1) is 23.1 Å². The number of benzene rings is 1. The van der Waals surface area contributed by atoms with Gasteiger partial charge in [0, 0.05) is 18.7 Å². The highest BCUT2D eigenvalue weighted by molar-refractivity contribution is 5.94. The van der Waals surface area contributed by atoms with E-state index in [0.717, 1.165) is 6.07 Å². The fourth-order valence-electron chi connectivity index (χ4n) is 1.71. The van der Waals surface area contributed by atoms with Gasteiger partial charge in [0.1, 0.15) is 0 Å². The summed E-state index contributed by atoms with van der Waals surface area (Å²) in [6.07, 6.45) is 0. The molecule has 0 bridgehead atoms. The van der Waals surface area contributed by atoms with Crippen LogP contribution in [-0.4, -0.2) is 31.0 Å². The van der Waals surface area contributed by atoms with E-state index in [2.05, 4.69) is 6.07 Å². The second-order valence-electron chi connectivity index (χ2n) is 4.22. The first-order valence-corrected chi connectivity index (χ1v) is 6.05. The van der Waals surface area contributed by atoms with E-state index in [1.807, 2.05) is 6.92 Å². The third-order valence-corrected chi connectivity index (χ3v) is 2.78. The molecule has 0 radical (unpaired) electrons. The summed E-state index contributed by atoms with van der Waals surface area (Å²) in [5.74, 6) is -1.01. The van der Waals surface area contributed by atoms with Crippen molar-refractivity contribution in [2.75, 3.05) is 20.2 Å². The first-order valence-electron chi connectivity index (χ1n) is 6.05. The molecule has 0 aliphatic carbocycles. The maximum Gasteiger partial charge on any atom is 0.253 e. The summed E-state index contributed by atoms with van der Waals surface area (Å²) in [6, 6.07) is 6.17. The van der Waals surface area contributed by atoms with E-state index in [-0.39, 0.29) is 23.1 Å². The molecule has 0 aliphatic heterocycles. The summed E-state index contributed by atoms with van der Waals surface area (Å²) >= 11 is 0. The maximum absolute atomic E-state index is 13.6. The molecule has 0 N–H and O–H groups in total. The number of nitriles is 1. The van der Waals surface area contributed by atoms with E-state index in [0.29, 0.717) is 13.1 Å². The van der Waals surface area contributed by atoms with Crippen LogP contribution >= 0.6 is 0 Å². The number of carbonyl (C=O) groups is 1. The van der Waals surface area contributed by atoms with Gasteiger partial charge in [-0.15, -0.1) is 0 Å². The monoisotopic (exact) mass is 264 g/mol. The number of carbonyl (C=O) groups excluding carboxylic acids is 1. The van der Waals surface area contributed by atoms with Crippen LogP contribution in [-0.2, 0) is 0 Å². The Balaban J connectivity index is 2.92. The van der Waals surface area contributed by atoms with Gasteiger partial charge in [-0.2, -0.15) is 5.26 Å². The van der Waals surface area contributed by atoms with Crippen molar-refractivity contribution >= 4 is 5.91 Å². The molecule has 1 atom stereocenters. The fourth-order valence-corrected chi connectivity index (χ4v) is 1.71. The summed E-state index contributed by atoms with van der Waals surface area (Å²) < 4.78 is 18.4. The van der Waals surface area contributed by atoms with Crippen LogP contribution < -0.4 is 4.74 Å². The molecule has 0 aliphatic rings. The van der Waals surface area contributed by atoms with E-state index < -0.39 is 5.82 Å². The lowest BCUT2D eigenvalue weighted by Crippen LogP contribution is -2.34. The van der Waals surface area contributed by atoms with Crippen molar-refractivity contribution in [1.29, 1.82) is 5.26 Å². The number of amides is 1. The molecule has 1 unspecified atom stereocenters. The highest BCUT2D eigenvalue weighted by Gasteiger charge is 2.18. The van der Waals surface area contributed by atoms with Gasteiger partial charge in [0.05, 0.1) is 19.1 Å². The van der Waals surface area contributed by atoms with Gasteiger partial charge in [0.2, 0.25) is 0 Å². The molecule has 0 saturated heterocycles. The largest absolute Gasteiger partial charge is 0.494 e. The van der Waals surface area contributed by atoms with Gasteiger partial charge in [0.25, 0.3) is 5.91 Å². The SMILES string of the molecule is CCN(CC(C)C#N)C(=O)c1ccc(OC)c(F)c1. The lowest BCUT2D eigenvalue weighted by Gasteiger charge is -2.22. The van der Waals surface area contributed by atoms with Crippen molar-refractivity contribution in [2.24, 2.45) is 5.92 Å². The Hall–Kier alpha value is -2.09. The molecular weight excluding hydrogens is 247 g/mol. The summed E-state index contributed by atoms with van der Waals surface area (Å²) in [5.41, 5.74) is 0.255. The molecule has 4 nitrogen and oxygen atoms in total. The predicted octanol–water partition coefficient (Wildman–Crippen LogP) is 2.46. The number of hydrogen-bond acceptors (Lipinski definition) is 3. The molecule has 0 fully saturated rings. The van der Waals surface area contributed by atoms with Gasteiger partial charge >= 0.3 is 0 Å². The zero-order valence-corrected chi connectivity index (χ0v) is 11.3. The number of halogens is 1. The first kappa shape index (κ1) is 15.0. The predicted molar refractivity (Wildman–Crippen MR) is 69.3 cm³/mol. The Labute approximate surface area is 112 Å². The average molecular weight is 264 g/mol. The van der Waals surface area contributed by atoms with Crippen LogP contribution in [0.5, 0.6) is 5.75 Å². The van der Waals surface area contributed by atoms with E-state index in [4.69, 9.17) is 10.00 Å². The van der Waals surface area contributed by atoms with E-state index in [1.54, 1.807) is 6.92 Å². The zero-order chi connectivity index (χ0) is 14.4. The summed E-state index contributed by atoms with van der Waals surface area (Å²) in [7, 11) is 1.37.